The first-order valence-electron chi connectivity index (χ1n) is 9.31. The van der Waals surface area contributed by atoms with E-state index in [0.717, 1.165) is 39.4 Å². The summed E-state index contributed by atoms with van der Waals surface area (Å²) in [6, 6.07) is 18.3. The van der Waals surface area contributed by atoms with E-state index in [0.29, 0.717) is 13.2 Å². The summed E-state index contributed by atoms with van der Waals surface area (Å²) in [6.45, 7) is 7.05. The van der Waals surface area contributed by atoms with Gasteiger partial charge in [-0.05, 0) is 36.8 Å². The lowest BCUT2D eigenvalue weighted by atomic mass is 10.1. The van der Waals surface area contributed by atoms with Gasteiger partial charge in [0.25, 0.3) is 0 Å². The maximum atomic E-state index is 5.57. The Bertz CT molecular complexity index is 1090. The van der Waals surface area contributed by atoms with Gasteiger partial charge in [0.2, 0.25) is 0 Å². The van der Waals surface area contributed by atoms with Gasteiger partial charge in [0.1, 0.15) is 17.9 Å². The summed E-state index contributed by atoms with van der Waals surface area (Å²) >= 11 is 0. The van der Waals surface area contributed by atoms with E-state index in [1.54, 1.807) is 6.33 Å². The van der Waals surface area contributed by atoms with Crippen LogP contribution in [0.2, 0.25) is 0 Å². The highest BCUT2D eigenvalue weighted by atomic mass is 16.5. The van der Waals surface area contributed by atoms with Crippen LogP contribution < -0.4 is 10.1 Å². The second-order valence-corrected chi connectivity index (χ2v) is 6.30. The van der Waals surface area contributed by atoms with Crippen molar-refractivity contribution in [1.29, 1.82) is 0 Å². The van der Waals surface area contributed by atoms with Gasteiger partial charge in [-0.25, -0.2) is 9.97 Å². The normalized spacial score (nSPS) is 10.8. The van der Waals surface area contributed by atoms with E-state index < -0.39 is 0 Å². The smallest absolute Gasteiger partial charge is 0.150 e. The molecule has 0 saturated carbocycles. The highest BCUT2D eigenvalue weighted by Gasteiger charge is 2.17. The first-order valence-corrected chi connectivity index (χ1v) is 9.31. The summed E-state index contributed by atoms with van der Waals surface area (Å²) in [6.07, 6.45) is 5.52. The summed E-state index contributed by atoms with van der Waals surface area (Å²) in [7, 11) is 0. The van der Waals surface area contributed by atoms with E-state index >= 15 is 0 Å². The predicted molar refractivity (Wildman–Crippen MR) is 114 cm³/mol. The number of rotatable bonds is 7. The molecular formula is C23H22N4O. The summed E-state index contributed by atoms with van der Waals surface area (Å²) in [4.78, 5) is 9.06. The number of aromatic nitrogens is 3. The maximum Gasteiger partial charge on any atom is 0.150 e. The summed E-state index contributed by atoms with van der Waals surface area (Å²) in [5, 5.41) is 4.33. The van der Waals surface area contributed by atoms with Crippen LogP contribution in [0.4, 0.5) is 5.82 Å². The molecule has 0 amide bonds. The van der Waals surface area contributed by atoms with Crippen LogP contribution in [0.1, 0.15) is 6.92 Å². The molecule has 4 aromatic rings. The van der Waals surface area contributed by atoms with Crippen molar-refractivity contribution in [2.75, 3.05) is 18.5 Å². The number of fused-ring (bicyclic) bond motifs is 1. The average Bonchev–Trinajstić information content (AvgIpc) is 3.14. The Morgan fingerprint density at radius 3 is 2.57 bits per heavy atom. The Morgan fingerprint density at radius 2 is 1.86 bits per heavy atom. The molecule has 1 N–H and O–H groups in total. The van der Waals surface area contributed by atoms with Crippen LogP contribution in [0.5, 0.6) is 5.75 Å². The predicted octanol–water partition coefficient (Wildman–Crippen LogP) is 5.08. The lowest BCUT2D eigenvalue weighted by Gasteiger charge is -2.08. The van der Waals surface area contributed by atoms with Crippen LogP contribution in [-0.4, -0.2) is 27.7 Å². The van der Waals surface area contributed by atoms with Crippen molar-refractivity contribution < 1.29 is 4.74 Å². The van der Waals surface area contributed by atoms with Gasteiger partial charge in [-0.15, -0.1) is 6.58 Å². The second kappa shape index (κ2) is 7.96. The molecule has 0 fully saturated rings. The Labute approximate surface area is 164 Å². The molecule has 0 aliphatic carbocycles. The fraction of sp³-hybridized carbons (Fsp3) is 0.130. The van der Waals surface area contributed by atoms with Gasteiger partial charge in [-0.1, -0.05) is 36.4 Å². The molecule has 0 aliphatic heterocycles. The van der Waals surface area contributed by atoms with Crippen LogP contribution in [0.25, 0.3) is 27.8 Å². The second-order valence-electron chi connectivity index (χ2n) is 6.30. The van der Waals surface area contributed by atoms with Crippen LogP contribution in [-0.2, 0) is 0 Å². The molecular weight excluding hydrogens is 348 g/mol. The van der Waals surface area contributed by atoms with Gasteiger partial charge < -0.3 is 14.6 Å². The monoisotopic (exact) mass is 370 g/mol. The van der Waals surface area contributed by atoms with Gasteiger partial charge in [-0.2, -0.15) is 0 Å². The zero-order valence-electron chi connectivity index (χ0n) is 15.8. The van der Waals surface area contributed by atoms with Crippen LogP contribution in [0.3, 0.4) is 0 Å². The zero-order valence-corrected chi connectivity index (χ0v) is 15.8. The lowest BCUT2D eigenvalue weighted by molar-refractivity contribution is 0.340. The van der Waals surface area contributed by atoms with Gasteiger partial charge >= 0.3 is 0 Å². The largest absolute Gasteiger partial charge is 0.494 e. The molecule has 28 heavy (non-hydrogen) atoms. The van der Waals surface area contributed by atoms with Crippen LogP contribution >= 0.6 is 0 Å². The highest BCUT2D eigenvalue weighted by Crippen LogP contribution is 2.35. The number of benzene rings is 2. The number of hydrogen-bond acceptors (Lipinski definition) is 4. The molecule has 2 heterocycles. The first kappa shape index (κ1) is 17.8. The maximum absolute atomic E-state index is 5.57. The standard InChI is InChI=1S/C23H22N4O/c1-3-14-24-22-21-20(17-8-6-5-7-9-17)15-27(23(21)26-16-25-22)18-10-12-19(13-11-18)28-4-2/h3,5-13,15-16H,1,4,14H2,2H3,(H,24,25,26). The quantitative estimate of drug-likeness (QED) is 0.461. The minimum absolute atomic E-state index is 0.634. The zero-order chi connectivity index (χ0) is 19.3. The third kappa shape index (κ3) is 3.34. The summed E-state index contributed by atoms with van der Waals surface area (Å²) in [5.74, 6) is 1.65. The minimum Gasteiger partial charge on any atom is -0.494 e. The van der Waals surface area contributed by atoms with Gasteiger partial charge in [0, 0.05) is 24.0 Å². The van der Waals surface area contributed by atoms with Gasteiger partial charge in [0.05, 0.1) is 12.0 Å². The molecule has 2 aromatic heterocycles. The number of nitrogens with one attached hydrogen (secondary N) is 1. The number of ether oxygens (including phenoxy) is 1. The van der Waals surface area contributed by atoms with E-state index in [2.05, 4.69) is 44.8 Å². The molecule has 0 unspecified atom stereocenters. The fourth-order valence-electron chi connectivity index (χ4n) is 3.27. The van der Waals surface area contributed by atoms with E-state index in [9.17, 15) is 0 Å². The SMILES string of the molecule is C=CCNc1ncnc2c1c(-c1ccccc1)cn2-c1ccc(OCC)cc1. The first-order chi connectivity index (χ1) is 13.8. The molecule has 0 saturated heterocycles. The van der Waals surface area contributed by atoms with E-state index in [-0.39, 0.29) is 0 Å². The third-order valence-corrected chi connectivity index (χ3v) is 4.51. The Morgan fingerprint density at radius 1 is 1.07 bits per heavy atom. The van der Waals surface area contributed by atoms with Gasteiger partial charge in [0.15, 0.2) is 5.65 Å². The molecule has 4 rings (SSSR count). The molecule has 0 atom stereocenters. The minimum atomic E-state index is 0.634. The molecule has 0 aliphatic rings. The third-order valence-electron chi connectivity index (χ3n) is 4.51. The molecule has 0 bridgehead atoms. The topological polar surface area (TPSA) is 52.0 Å². The summed E-state index contributed by atoms with van der Waals surface area (Å²) in [5.41, 5.74) is 4.07. The van der Waals surface area contributed by atoms with E-state index in [4.69, 9.17) is 4.74 Å². The number of hydrogen-bond donors (Lipinski definition) is 1. The van der Waals surface area contributed by atoms with E-state index in [1.807, 2.05) is 55.5 Å². The van der Waals surface area contributed by atoms with Gasteiger partial charge in [-0.3, -0.25) is 0 Å². The Balaban J connectivity index is 1.91. The number of nitrogens with zero attached hydrogens (tertiary/aromatic N) is 3. The number of anilines is 1. The van der Waals surface area contributed by atoms with Crippen LogP contribution in [0.15, 0.2) is 79.8 Å². The van der Waals surface area contributed by atoms with Crippen molar-refractivity contribution in [1.82, 2.24) is 14.5 Å². The lowest BCUT2D eigenvalue weighted by Crippen LogP contribution is -2.02. The molecule has 0 radical (unpaired) electrons. The van der Waals surface area contributed by atoms with Crippen LogP contribution in [0, 0.1) is 0 Å². The molecule has 0 spiro atoms. The van der Waals surface area contributed by atoms with Crippen molar-refractivity contribution in [3.05, 3.63) is 79.8 Å². The molecule has 5 nitrogen and oxygen atoms in total. The Hall–Kier alpha value is -3.60. The van der Waals surface area contributed by atoms with Crippen molar-refractivity contribution in [2.45, 2.75) is 6.92 Å². The van der Waals surface area contributed by atoms with Crippen molar-refractivity contribution in [2.24, 2.45) is 0 Å². The van der Waals surface area contributed by atoms with Crippen molar-refractivity contribution in [3.8, 4) is 22.6 Å². The summed E-state index contributed by atoms with van der Waals surface area (Å²) < 4.78 is 7.66. The highest BCUT2D eigenvalue weighted by molar-refractivity contribution is 6.02. The van der Waals surface area contributed by atoms with Crippen molar-refractivity contribution >= 4 is 16.9 Å². The fourth-order valence-corrected chi connectivity index (χ4v) is 3.27. The van der Waals surface area contributed by atoms with Crippen molar-refractivity contribution in [3.63, 3.8) is 0 Å². The van der Waals surface area contributed by atoms with E-state index in [1.165, 1.54) is 0 Å². The molecule has 140 valence electrons. The molecule has 5 heteroatoms. The average molecular weight is 370 g/mol. The Kier molecular flexibility index (Phi) is 5.06. The molecule has 2 aromatic carbocycles.